The van der Waals surface area contributed by atoms with Crippen molar-refractivity contribution in [1.29, 1.82) is 0 Å². The quantitative estimate of drug-likeness (QED) is 0.371. The molecule has 0 aliphatic carbocycles. The SMILES string of the molecule is CNC(=O)[C@@H](Cc1ccccc1)N(Cc1ccc(Cl)c(Cl)c1)C(=O)CSCc1ccc(F)cc1. The summed E-state index contributed by atoms with van der Waals surface area (Å²) in [5.41, 5.74) is 2.64. The third-order valence-electron chi connectivity index (χ3n) is 5.26. The number of amides is 2. The van der Waals surface area contributed by atoms with Gasteiger partial charge in [0.25, 0.3) is 0 Å². The number of halogens is 3. The first-order valence-corrected chi connectivity index (χ1v) is 12.6. The van der Waals surface area contributed by atoms with E-state index in [0.29, 0.717) is 22.2 Å². The van der Waals surface area contributed by atoms with E-state index in [1.165, 1.54) is 23.9 Å². The van der Waals surface area contributed by atoms with Crippen LogP contribution in [0.25, 0.3) is 0 Å². The Morgan fingerprint density at radius 3 is 2.26 bits per heavy atom. The molecule has 3 aromatic rings. The molecule has 0 aromatic heterocycles. The molecule has 178 valence electrons. The molecule has 1 atom stereocenters. The molecule has 0 fully saturated rings. The van der Waals surface area contributed by atoms with Crippen LogP contribution in [-0.2, 0) is 28.3 Å². The topological polar surface area (TPSA) is 49.4 Å². The largest absolute Gasteiger partial charge is 0.357 e. The van der Waals surface area contributed by atoms with Crippen LogP contribution in [-0.4, -0.2) is 35.6 Å². The maximum absolute atomic E-state index is 13.4. The lowest BCUT2D eigenvalue weighted by atomic mass is 10.0. The summed E-state index contributed by atoms with van der Waals surface area (Å²) in [6, 6.07) is 20.2. The molecule has 0 saturated carbocycles. The highest BCUT2D eigenvalue weighted by atomic mass is 35.5. The van der Waals surface area contributed by atoms with Crippen LogP contribution in [0.2, 0.25) is 10.0 Å². The number of thioether (sulfide) groups is 1. The predicted molar refractivity (Wildman–Crippen MR) is 138 cm³/mol. The second-order valence-corrected chi connectivity index (χ2v) is 9.51. The Morgan fingerprint density at radius 2 is 1.62 bits per heavy atom. The standard InChI is InChI=1S/C26H25Cl2FN2O2S/c1-30-26(33)24(14-18-5-3-2-4-6-18)31(15-20-9-12-22(27)23(28)13-20)25(32)17-34-16-19-7-10-21(29)11-8-19/h2-13,24H,14-17H2,1H3,(H,30,33)/t24-/m1/s1. The summed E-state index contributed by atoms with van der Waals surface area (Å²) in [5, 5.41) is 3.50. The van der Waals surface area contributed by atoms with Crippen LogP contribution in [0.15, 0.2) is 72.8 Å². The fraction of sp³-hybridized carbons (Fsp3) is 0.231. The zero-order chi connectivity index (χ0) is 24.5. The molecule has 8 heteroatoms. The van der Waals surface area contributed by atoms with E-state index in [0.717, 1.165) is 16.7 Å². The molecule has 3 aromatic carbocycles. The number of hydrogen-bond acceptors (Lipinski definition) is 3. The van der Waals surface area contributed by atoms with Crippen LogP contribution in [0.4, 0.5) is 4.39 Å². The van der Waals surface area contributed by atoms with Crippen LogP contribution >= 0.6 is 35.0 Å². The van der Waals surface area contributed by atoms with Gasteiger partial charge in [-0.1, -0.05) is 71.7 Å². The van der Waals surface area contributed by atoms with Gasteiger partial charge < -0.3 is 10.2 Å². The summed E-state index contributed by atoms with van der Waals surface area (Å²) in [6.07, 6.45) is 0.371. The molecule has 1 N–H and O–H groups in total. The number of likely N-dealkylation sites (N-methyl/N-ethyl adjacent to an activating group) is 1. The van der Waals surface area contributed by atoms with E-state index < -0.39 is 6.04 Å². The Labute approximate surface area is 213 Å². The van der Waals surface area contributed by atoms with Crippen LogP contribution in [0.1, 0.15) is 16.7 Å². The van der Waals surface area contributed by atoms with Crippen molar-refractivity contribution in [2.45, 2.75) is 24.8 Å². The molecular formula is C26H25Cl2FN2O2S. The second-order valence-electron chi connectivity index (χ2n) is 7.71. The van der Waals surface area contributed by atoms with E-state index in [1.54, 1.807) is 42.3 Å². The minimum atomic E-state index is -0.708. The average molecular weight is 519 g/mol. The van der Waals surface area contributed by atoms with Gasteiger partial charge in [-0.3, -0.25) is 9.59 Å². The number of hydrogen-bond donors (Lipinski definition) is 1. The second kappa shape index (κ2) is 12.8. The summed E-state index contributed by atoms with van der Waals surface area (Å²) >= 11 is 13.7. The summed E-state index contributed by atoms with van der Waals surface area (Å²) in [7, 11) is 1.56. The van der Waals surface area contributed by atoms with Crippen molar-refractivity contribution < 1.29 is 14.0 Å². The normalized spacial score (nSPS) is 11.6. The number of nitrogens with one attached hydrogen (secondary N) is 1. The van der Waals surface area contributed by atoms with Crippen LogP contribution in [0.3, 0.4) is 0 Å². The maximum atomic E-state index is 13.4. The summed E-state index contributed by atoms with van der Waals surface area (Å²) in [6.45, 7) is 0.206. The average Bonchev–Trinajstić information content (AvgIpc) is 2.84. The molecular weight excluding hydrogens is 494 g/mol. The number of benzene rings is 3. The lowest BCUT2D eigenvalue weighted by Gasteiger charge is -2.31. The van der Waals surface area contributed by atoms with Crippen molar-refractivity contribution in [3.63, 3.8) is 0 Å². The highest BCUT2D eigenvalue weighted by Gasteiger charge is 2.29. The highest BCUT2D eigenvalue weighted by molar-refractivity contribution is 7.99. The molecule has 0 saturated heterocycles. The Balaban J connectivity index is 1.82. The molecule has 3 rings (SSSR count). The van der Waals surface area contributed by atoms with Crippen LogP contribution in [0.5, 0.6) is 0 Å². The Morgan fingerprint density at radius 1 is 0.941 bits per heavy atom. The number of carbonyl (C=O) groups is 2. The Kier molecular flexibility index (Phi) is 9.81. The van der Waals surface area contributed by atoms with Crippen LogP contribution in [0, 0.1) is 5.82 Å². The lowest BCUT2D eigenvalue weighted by molar-refractivity contribution is -0.139. The smallest absolute Gasteiger partial charge is 0.242 e. The maximum Gasteiger partial charge on any atom is 0.242 e. The Hall–Kier alpha value is -2.54. The van der Waals surface area contributed by atoms with Crippen molar-refractivity contribution in [3.8, 4) is 0 Å². The van der Waals surface area contributed by atoms with E-state index >= 15 is 0 Å². The number of nitrogens with zero attached hydrogens (tertiary/aromatic N) is 1. The summed E-state index contributed by atoms with van der Waals surface area (Å²) in [5.74, 6) is -0.00723. The summed E-state index contributed by atoms with van der Waals surface area (Å²) < 4.78 is 13.2. The molecule has 34 heavy (non-hydrogen) atoms. The van der Waals surface area contributed by atoms with Gasteiger partial charge in [0.2, 0.25) is 11.8 Å². The minimum absolute atomic E-state index is 0.168. The van der Waals surface area contributed by atoms with Crippen molar-refractivity contribution in [2.24, 2.45) is 0 Å². The highest BCUT2D eigenvalue weighted by Crippen LogP contribution is 2.25. The van der Waals surface area contributed by atoms with Gasteiger partial charge >= 0.3 is 0 Å². The van der Waals surface area contributed by atoms with E-state index in [4.69, 9.17) is 23.2 Å². The van der Waals surface area contributed by atoms with Gasteiger partial charge in [-0.15, -0.1) is 11.8 Å². The fourth-order valence-corrected chi connectivity index (χ4v) is 4.67. The first-order valence-electron chi connectivity index (χ1n) is 10.7. The number of carbonyl (C=O) groups excluding carboxylic acids is 2. The molecule has 0 bridgehead atoms. The molecule has 0 aliphatic heterocycles. The zero-order valence-corrected chi connectivity index (χ0v) is 21.0. The monoisotopic (exact) mass is 518 g/mol. The molecule has 4 nitrogen and oxygen atoms in total. The first-order chi connectivity index (χ1) is 16.4. The van der Waals surface area contributed by atoms with Gasteiger partial charge in [-0.25, -0.2) is 4.39 Å². The van der Waals surface area contributed by atoms with E-state index in [2.05, 4.69) is 5.32 Å². The number of rotatable bonds is 10. The van der Waals surface area contributed by atoms with Crippen molar-refractivity contribution in [2.75, 3.05) is 12.8 Å². The minimum Gasteiger partial charge on any atom is -0.357 e. The van der Waals surface area contributed by atoms with Crippen molar-refractivity contribution >= 4 is 46.8 Å². The first kappa shape index (κ1) is 26.1. The zero-order valence-electron chi connectivity index (χ0n) is 18.6. The van der Waals surface area contributed by atoms with Gasteiger partial charge in [0.1, 0.15) is 11.9 Å². The molecule has 0 spiro atoms. The van der Waals surface area contributed by atoms with Crippen molar-refractivity contribution in [1.82, 2.24) is 10.2 Å². The van der Waals surface area contributed by atoms with E-state index in [9.17, 15) is 14.0 Å². The molecule has 0 unspecified atom stereocenters. The van der Waals surface area contributed by atoms with Gasteiger partial charge in [0, 0.05) is 25.8 Å². The lowest BCUT2D eigenvalue weighted by Crippen LogP contribution is -2.50. The van der Waals surface area contributed by atoms with Gasteiger partial charge in [-0.05, 0) is 41.0 Å². The van der Waals surface area contributed by atoms with Crippen LogP contribution < -0.4 is 5.32 Å². The third-order valence-corrected chi connectivity index (χ3v) is 6.99. The summed E-state index contributed by atoms with van der Waals surface area (Å²) in [4.78, 5) is 27.9. The predicted octanol–water partition coefficient (Wildman–Crippen LogP) is 5.75. The molecule has 0 heterocycles. The fourth-order valence-electron chi connectivity index (χ4n) is 3.47. The molecule has 0 aliphatic rings. The Bertz CT molecular complexity index is 1110. The third kappa shape index (κ3) is 7.49. The van der Waals surface area contributed by atoms with E-state index in [-0.39, 0.29) is 29.9 Å². The molecule has 0 radical (unpaired) electrons. The van der Waals surface area contributed by atoms with E-state index in [1.807, 2.05) is 30.3 Å². The van der Waals surface area contributed by atoms with Gasteiger partial charge in [0.05, 0.1) is 15.8 Å². The van der Waals surface area contributed by atoms with Gasteiger partial charge in [-0.2, -0.15) is 0 Å². The molecule has 2 amide bonds. The van der Waals surface area contributed by atoms with Crippen molar-refractivity contribution in [3.05, 3.63) is 105 Å². The van der Waals surface area contributed by atoms with Gasteiger partial charge in [0.15, 0.2) is 0 Å².